The number of phosphoric ester groups is 1. The van der Waals surface area contributed by atoms with Gasteiger partial charge in [0.1, 0.15) is 0 Å². The molecule has 0 aliphatic rings. The largest absolute Gasteiger partial charge is 0.483 e. The van der Waals surface area contributed by atoms with Gasteiger partial charge in [0.2, 0.25) is 0 Å². The van der Waals surface area contributed by atoms with E-state index in [9.17, 15) is 26.5 Å². The van der Waals surface area contributed by atoms with Gasteiger partial charge in [-0.05, 0) is 6.92 Å². The number of phosphoric acid groups is 1. The molecule has 0 radical (unpaired) electrons. The monoisotopic (exact) mass is 258 g/mol. The predicted octanol–water partition coefficient (Wildman–Crippen LogP) is 2.95. The minimum Gasteiger partial charge on any atom is -0.290 e. The van der Waals surface area contributed by atoms with Crippen LogP contribution in [0.1, 0.15) is 6.92 Å². The number of halogens is 5. The lowest BCUT2D eigenvalue weighted by atomic mass is 10.6. The van der Waals surface area contributed by atoms with E-state index >= 15 is 0 Å². The zero-order valence-electron chi connectivity index (χ0n) is 7.68. The van der Waals surface area contributed by atoms with Gasteiger partial charge in [-0.3, -0.25) is 9.05 Å². The second-order valence-electron chi connectivity index (χ2n) is 2.15. The molecule has 0 rings (SSSR count). The van der Waals surface area contributed by atoms with Crippen molar-refractivity contribution in [2.75, 3.05) is 13.7 Å². The molecule has 1 unspecified atom stereocenters. The quantitative estimate of drug-likeness (QED) is 0.561. The molecule has 10 heteroatoms. The van der Waals surface area contributed by atoms with Gasteiger partial charge in [-0.15, -0.1) is 0 Å². The van der Waals surface area contributed by atoms with Crippen molar-refractivity contribution in [2.45, 2.75) is 19.2 Å². The van der Waals surface area contributed by atoms with Gasteiger partial charge < -0.3 is 0 Å². The van der Waals surface area contributed by atoms with E-state index in [1.54, 1.807) is 0 Å². The minimum absolute atomic E-state index is 0.404. The third kappa shape index (κ3) is 4.02. The van der Waals surface area contributed by atoms with Gasteiger partial charge in [-0.2, -0.15) is 22.0 Å². The van der Waals surface area contributed by atoms with Crippen LogP contribution in [0, 0.1) is 0 Å². The van der Waals surface area contributed by atoms with E-state index in [-0.39, 0.29) is 0 Å². The summed E-state index contributed by atoms with van der Waals surface area (Å²) in [5.74, 6) is 0. The van der Waals surface area contributed by atoms with Crippen LogP contribution in [-0.2, 0) is 18.1 Å². The van der Waals surface area contributed by atoms with Crippen LogP contribution in [0.3, 0.4) is 0 Å². The molecule has 0 fully saturated rings. The summed E-state index contributed by atoms with van der Waals surface area (Å²) in [7, 11) is -4.26. The molecule has 0 aliphatic heterocycles. The highest BCUT2D eigenvalue weighted by Crippen LogP contribution is 2.55. The standard InChI is InChI=1S/C5H8F5O4P/c1-3-13-15(11,12-2)14-5(9,10)4(6,7)8/h3H2,1-2H3. The molecule has 0 heterocycles. The zero-order valence-corrected chi connectivity index (χ0v) is 8.57. The van der Waals surface area contributed by atoms with Crippen molar-refractivity contribution < 1.29 is 40.1 Å². The van der Waals surface area contributed by atoms with Crippen LogP contribution in [0.4, 0.5) is 22.0 Å². The summed E-state index contributed by atoms with van der Waals surface area (Å²) in [6.07, 6.45) is -11.6. The molecule has 4 nitrogen and oxygen atoms in total. The molecule has 0 aromatic rings. The second-order valence-corrected chi connectivity index (χ2v) is 3.85. The average molecular weight is 258 g/mol. The van der Waals surface area contributed by atoms with Crippen LogP contribution in [0.15, 0.2) is 0 Å². The van der Waals surface area contributed by atoms with Crippen molar-refractivity contribution in [3.05, 3.63) is 0 Å². The van der Waals surface area contributed by atoms with Gasteiger partial charge >= 0.3 is 20.1 Å². The Balaban J connectivity index is 4.76. The lowest BCUT2D eigenvalue weighted by molar-refractivity contribution is -0.365. The third-order valence-electron chi connectivity index (χ3n) is 1.07. The third-order valence-corrected chi connectivity index (χ3v) is 2.54. The van der Waals surface area contributed by atoms with Gasteiger partial charge in [0.25, 0.3) is 0 Å². The molecule has 0 aromatic heterocycles. The lowest BCUT2D eigenvalue weighted by Gasteiger charge is -2.23. The molecule has 0 aromatic carbocycles. The summed E-state index contributed by atoms with van der Waals surface area (Å²) in [6.45, 7) is 0.819. The van der Waals surface area contributed by atoms with E-state index in [1.807, 2.05) is 0 Å². The van der Waals surface area contributed by atoms with Crippen molar-refractivity contribution in [3.8, 4) is 0 Å². The molecule has 0 spiro atoms. The molecule has 0 aliphatic carbocycles. The zero-order chi connectivity index (χ0) is 12.3. The van der Waals surface area contributed by atoms with Gasteiger partial charge in [-0.25, -0.2) is 9.09 Å². The molecule has 0 saturated carbocycles. The summed E-state index contributed by atoms with van der Waals surface area (Å²) in [4.78, 5) is 0. The van der Waals surface area contributed by atoms with Gasteiger partial charge in [0, 0.05) is 7.11 Å². The summed E-state index contributed by atoms with van der Waals surface area (Å²) in [6, 6.07) is 0. The fourth-order valence-corrected chi connectivity index (χ4v) is 1.40. The SMILES string of the molecule is CCOP(=O)(OC)OC(F)(F)C(F)(F)F. The molecule has 0 N–H and O–H groups in total. The summed E-state index contributed by atoms with van der Waals surface area (Å²) in [5, 5.41) is 0. The van der Waals surface area contributed by atoms with E-state index in [2.05, 4.69) is 13.6 Å². The Labute approximate surface area is 81.9 Å². The first-order valence-corrected chi connectivity index (χ1v) is 4.99. The van der Waals surface area contributed by atoms with Gasteiger partial charge in [-0.1, -0.05) is 0 Å². The van der Waals surface area contributed by atoms with Crippen molar-refractivity contribution in [3.63, 3.8) is 0 Å². The highest BCUT2D eigenvalue weighted by molar-refractivity contribution is 7.48. The molecular weight excluding hydrogens is 250 g/mol. The maximum absolute atomic E-state index is 12.3. The van der Waals surface area contributed by atoms with Crippen LogP contribution in [0.2, 0.25) is 0 Å². The Morgan fingerprint density at radius 1 is 1.20 bits per heavy atom. The average Bonchev–Trinajstić information content (AvgIpc) is 2.01. The maximum Gasteiger partial charge on any atom is 0.483 e. The molecule has 0 saturated heterocycles. The fraction of sp³-hybridized carbons (Fsp3) is 1.00. The van der Waals surface area contributed by atoms with Crippen molar-refractivity contribution in [1.29, 1.82) is 0 Å². The van der Waals surface area contributed by atoms with Crippen LogP contribution >= 0.6 is 7.82 Å². The predicted molar refractivity (Wildman–Crippen MR) is 38.3 cm³/mol. The first kappa shape index (κ1) is 14.8. The van der Waals surface area contributed by atoms with Gasteiger partial charge in [0.15, 0.2) is 0 Å². The summed E-state index contributed by atoms with van der Waals surface area (Å²) >= 11 is 0. The number of alkyl halides is 5. The molecule has 1 atom stereocenters. The van der Waals surface area contributed by atoms with Crippen molar-refractivity contribution in [2.24, 2.45) is 0 Å². The smallest absolute Gasteiger partial charge is 0.290 e. The Kier molecular flexibility index (Phi) is 4.66. The van der Waals surface area contributed by atoms with E-state index < -0.39 is 26.7 Å². The van der Waals surface area contributed by atoms with Gasteiger partial charge in [0.05, 0.1) is 6.61 Å². The van der Waals surface area contributed by atoms with E-state index in [0.717, 1.165) is 0 Å². The van der Waals surface area contributed by atoms with E-state index in [0.29, 0.717) is 7.11 Å². The first-order chi connectivity index (χ1) is 6.58. The Morgan fingerprint density at radius 3 is 1.93 bits per heavy atom. The summed E-state index contributed by atoms with van der Waals surface area (Å²) in [5.41, 5.74) is 0. The highest BCUT2D eigenvalue weighted by atomic mass is 31.2. The van der Waals surface area contributed by atoms with Crippen LogP contribution < -0.4 is 0 Å². The lowest BCUT2D eigenvalue weighted by Crippen LogP contribution is -2.38. The Morgan fingerprint density at radius 2 is 1.67 bits per heavy atom. The molecule has 0 bridgehead atoms. The van der Waals surface area contributed by atoms with E-state index in [4.69, 9.17) is 0 Å². The van der Waals surface area contributed by atoms with Crippen molar-refractivity contribution >= 4 is 7.82 Å². The summed E-state index contributed by atoms with van der Waals surface area (Å²) < 4.78 is 81.3. The minimum atomic E-state index is -5.99. The Hall–Kier alpha value is -0.240. The molecular formula is C5H8F5O4P. The number of rotatable bonds is 5. The number of hydrogen-bond donors (Lipinski definition) is 0. The van der Waals surface area contributed by atoms with Crippen molar-refractivity contribution in [1.82, 2.24) is 0 Å². The van der Waals surface area contributed by atoms with Crippen LogP contribution in [-0.4, -0.2) is 26.0 Å². The molecule has 15 heavy (non-hydrogen) atoms. The maximum atomic E-state index is 12.3. The number of hydrogen-bond acceptors (Lipinski definition) is 4. The van der Waals surface area contributed by atoms with Crippen LogP contribution in [0.25, 0.3) is 0 Å². The fourth-order valence-electron chi connectivity index (χ4n) is 0.467. The highest BCUT2D eigenvalue weighted by Gasteiger charge is 2.63. The van der Waals surface area contributed by atoms with Crippen LogP contribution in [0.5, 0.6) is 0 Å². The first-order valence-electron chi connectivity index (χ1n) is 3.53. The topological polar surface area (TPSA) is 44.8 Å². The normalized spacial score (nSPS) is 17.5. The Bertz CT molecular complexity index is 252. The van der Waals surface area contributed by atoms with E-state index in [1.165, 1.54) is 6.92 Å². The molecule has 92 valence electrons. The molecule has 0 amide bonds. The second kappa shape index (κ2) is 4.73.